The number of halogens is 2. The summed E-state index contributed by atoms with van der Waals surface area (Å²) in [5.41, 5.74) is 2.82. The van der Waals surface area contributed by atoms with Crippen LogP contribution in [0, 0.1) is 18.6 Å². The average Bonchev–Trinajstić information content (AvgIpc) is 3.46. The van der Waals surface area contributed by atoms with E-state index in [1.807, 2.05) is 58.9 Å². The molecule has 0 N–H and O–H groups in total. The van der Waals surface area contributed by atoms with Gasteiger partial charge >= 0.3 is 5.97 Å². The molecule has 0 spiro atoms. The number of carbonyl (C=O) groups excluding carboxylic acids is 1. The maximum absolute atomic E-state index is 15.5. The van der Waals surface area contributed by atoms with Gasteiger partial charge in [-0.3, -0.25) is 0 Å². The van der Waals surface area contributed by atoms with Crippen molar-refractivity contribution in [3.05, 3.63) is 65.4 Å². The molecule has 0 aliphatic carbocycles. The van der Waals surface area contributed by atoms with Gasteiger partial charge < -0.3 is 23.8 Å². The molecule has 2 aromatic carbocycles. The number of fused-ring (bicyclic) bond motifs is 8. The predicted octanol–water partition coefficient (Wildman–Crippen LogP) is 8.01. The number of hydrogen-bond acceptors (Lipinski definition) is 8. The fourth-order valence-electron chi connectivity index (χ4n) is 6.77. The molecule has 262 valence electrons. The maximum Gasteiger partial charge on any atom is 0.339 e. The number of anilines is 1. The Kier molecular flexibility index (Phi) is 9.70. The molecule has 0 saturated carbocycles. The number of hydrogen-bond donors (Lipinski definition) is 0. The van der Waals surface area contributed by atoms with E-state index in [4.69, 9.17) is 29.0 Å². The van der Waals surface area contributed by atoms with E-state index in [1.54, 1.807) is 10.6 Å². The first-order valence-electron chi connectivity index (χ1n) is 17.1. The van der Waals surface area contributed by atoms with Crippen LogP contribution in [-0.2, 0) is 19.0 Å². The number of piperidine rings is 1. The standard InChI is InChI=1S/C38H46F2N4O5/c1-23-11-8-9-18-47-38(6)14-16-43(17-15-38)35-32(34(36(45)46-7)49-37(3,4)5)24(2)41-31-22-29(42-44(31)35)25-12-10-13-26(19-25)33-28(40)20-27(39)21-30(33)48-23/h10,12-13,19-23,34H,8-9,11,14-18H2,1-7H3. The highest BCUT2D eigenvalue weighted by Crippen LogP contribution is 2.40. The molecular weight excluding hydrogens is 630 g/mol. The molecule has 11 heteroatoms. The summed E-state index contributed by atoms with van der Waals surface area (Å²) in [6, 6.07) is 11.3. The van der Waals surface area contributed by atoms with E-state index >= 15 is 4.39 Å². The Hall–Kier alpha value is -4.09. The molecule has 1 fully saturated rings. The second-order valence-corrected chi connectivity index (χ2v) is 14.4. The number of rotatable bonds is 3. The minimum absolute atomic E-state index is 0.150. The van der Waals surface area contributed by atoms with Crippen LogP contribution in [0.3, 0.4) is 0 Å². The highest BCUT2D eigenvalue weighted by molar-refractivity contribution is 5.81. The van der Waals surface area contributed by atoms with Crippen LogP contribution in [0.4, 0.5) is 14.6 Å². The van der Waals surface area contributed by atoms with Crippen LogP contribution in [0.2, 0.25) is 0 Å². The molecule has 0 radical (unpaired) electrons. The molecule has 6 bridgehead atoms. The van der Waals surface area contributed by atoms with Gasteiger partial charge in [0, 0.05) is 49.2 Å². The Labute approximate surface area is 286 Å². The van der Waals surface area contributed by atoms with Gasteiger partial charge in [0.15, 0.2) is 11.8 Å². The first-order valence-corrected chi connectivity index (χ1v) is 17.1. The third-order valence-corrected chi connectivity index (χ3v) is 9.32. The fourth-order valence-corrected chi connectivity index (χ4v) is 6.77. The van der Waals surface area contributed by atoms with Crippen molar-refractivity contribution < 1.29 is 32.5 Å². The van der Waals surface area contributed by atoms with Crippen molar-refractivity contribution in [1.82, 2.24) is 14.6 Å². The normalized spacial score (nSPS) is 20.9. The molecule has 3 aliphatic rings. The lowest BCUT2D eigenvalue weighted by molar-refractivity contribution is -0.164. The summed E-state index contributed by atoms with van der Waals surface area (Å²) >= 11 is 0. The number of methoxy groups -OCH3 is 1. The quantitative estimate of drug-likeness (QED) is 0.202. The number of carbonyl (C=O) groups is 1. The van der Waals surface area contributed by atoms with Crippen LogP contribution in [-0.4, -0.2) is 64.7 Å². The highest BCUT2D eigenvalue weighted by Gasteiger charge is 2.38. The smallest absolute Gasteiger partial charge is 0.339 e. The van der Waals surface area contributed by atoms with Crippen molar-refractivity contribution in [2.75, 3.05) is 31.7 Å². The summed E-state index contributed by atoms with van der Waals surface area (Å²) in [5, 5.41) is 5.05. The SMILES string of the molecule is COC(=O)C(OC(C)(C)C)c1c(C)nc2cc3nn2c1N1CCC(C)(CC1)OCCCCC(C)Oc1cc(F)cc(F)c1-c1cccc-3c1. The number of benzene rings is 2. The molecule has 2 atom stereocenters. The molecule has 49 heavy (non-hydrogen) atoms. The first kappa shape index (κ1) is 34.8. The Morgan fingerprint density at radius 1 is 1.08 bits per heavy atom. The lowest BCUT2D eigenvalue weighted by Gasteiger charge is -2.41. The van der Waals surface area contributed by atoms with E-state index in [9.17, 15) is 9.18 Å². The number of aromatic nitrogens is 3. The largest absolute Gasteiger partial charge is 0.490 e. The van der Waals surface area contributed by atoms with Crippen LogP contribution in [0.1, 0.15) is 84.1 Å². The van der Waals surface area contributed by atoms with Crippen molar-refractivity contribution in [2.24, 2.45) is 0 Å². The maximum atomic E-state index is 15.5. The number of esters is 1. The molecule has 2 aromatic heterocycles. The van der Waals surface area contributed by atoms with Crippen molar-refractivity contribution in [3.8, 4) is 28.1 Å². The van der Waals surface area contributed by atoms with Crippen molar-refractivity contribution in [1.29, 1.82) is 0 Å². The van der Waals surface area contributed by atoms with Crippen LogP contribution >= 0.6 is 0 Å². The van der Waals surface area contributed by atoms with Gasteiger partial charge in [-0.2, -0.15) is 9.61 Å². The van der Waals surface area contributed by atoms with Gasteiger partial charge in [-0.25, -0.2) is 18.6 Å². The van der Waals surface area contributed by atoms with E-state index in [-0.39, 0.29) is 23.0 Å². The lowest BCUT2D eigenvalue weighted by atomic mass is 9.92. The molecule has 4 aromatic rings. The van der Waals surface area contributed by atoms with Gasteiger partial charge in [0.1, 0.15) is 23.2 Å². The second-order valence-electron chi connectivity index (χ2n) is 14.4. The molecule has 5 heterocycles. The molecule has 1 saturated heterocycles. The number of nitrogens with zero attached hydrogens (tertiary/aromatic N) is 4. The summed E-state index contributed by atoms with van der Waals surface area (Å²) in [4.78, 5) is 20.5. The van der Waals surface area contributed by atoms with E-state index in [0.29, 0.717) is 65.7 Å². The third-order valence-electron chi connectivity index (χ3n) is 9.32. The third kappa shape index (κ3) is 7.43. The van der Waals surface area contributed by atoms with Crippen molar-refractivity contribution in [3.63, 3.8) is 0 Å². The Morgan fingerprint density at radius 3 is 2.53 bits per heavy atom. The van der Waals surface area contributed by atoms with Gasteiger partial charge in [-0.05, 0) is 85.3 Å². The average molecular weight is 677 g/mol. The summed E-state index contributed by atoms with van der Waals surface area (Å²) in [6.07, 6.45) is 2.60. The molecule has 7 rings (SSSR count). The van der Waals surface area contributed by atoms with Crippen LogP contribution in [0.5, 0.6) is 5.75 Å². The molecule has 0 amide bonds. The molecule has 9 nitrogen and oxygen atoms in total. The zero-order chi connectivity index (χ0) is 35.1. The van der Waals surface area contributed by atoms with Crippen LogP contribution in [0.15, 0.2) is 42.5 Å². The van der Waals surface area contributed by atoms with Crippen molar-refractivity contribution in [2.45, 2.75) is 97.1 Å². The van der Waals surface area contributed by atoms with Crippen molar-refractivity contribution >= 4 is 17.4 Å². The van der Waals surface area contributed by atoms with E-state index in [2.05, 4.69) is 11.8 Å². The summed E-state index contributed by atoms with van der Waals surface area (Å²) in [5.74, 6) is -1.08. The summed E-state index contributed by atoms with van der Waals surface area (Å²) in [7, 11) is 1.35. The monoisotopic (exact) mass is 676 g/mol. The second kappa shape index (κ2) is 13.7. The van der Waals surface area contributed by atoms with Gasteiger partial charge in [0.2, 0.25) is 0 Å². The van der Waals surface area contributed by atoms with Crippen LogP contribution < -0.4 is 9.64 Å². The van der Waals surface area contributed by atoms with E-state index < -0.39 is 29.3 Å². The fraction of sp³-hybridized carbons (Fsp3) is 0.500. The molecule has 2 unspecified atom stereocenters. The van der Waals surface area contributed by atoms with Crippen LogP contribution in [0.25, 0.3) is 28.0 Å². The number of aryl methyl sites for hydroxylation is 1. The zero-order valence-corrected chi connectivity index (χ0v) is 29.4. The van der Waals surface area contributed by atoms with Gasteiger partial charge in [-0.1, -0.05) is 18.2 Å². The highest BCUT2D eigenvalue weighted by atomic mass is 19.1. The Balaban J connectivity index is 1.55. The lowest BCUT2D eigenvalue weighted by Crippen LogP contribution is -2.46. The summed E-state index contributed by atoms with van der Waals surface area (Å²) < 4.78 is 56.1. The minimum atomic E-state index is -1.05. The van der Waals surface area contributed by atoms with E-state index in [0.717, 1.165) is 31.7 Å². The predicted molar refractivity (Wildman–Crippen MR) is 184 cm³/mol. The first-order chi connectivity index (χ1) is 23.2. The van der Waals surface area contributed by atoms with Gasteiger partial charge in [0.05, 0.1) is 41.2 Å². The number of ether oxygens (including phenoxy) is 4. The van der Waals surface area contributed by atoms with Gasteiger partial charge in [-0.15, -0.1) is 0 Å². The topological polar surface area (TPSA) is 87.4 Å². The minimum Gasteiger partial charge on any atom is -0.490 e. The molecular formula is C38H46F2N4O5. The molecule has 3 aliphatic heterocycles. The Morgan fingerprint density at radius 2 is 1.82 bits per heavy atom. The summed E-state index contributed by atoms with van der Waals surface area (Å²) in [6.45, 7) is 13.5. The van der Waals surface area contributed by atoms with Gasteiger partial charge in [0.25, 0.3) is 0 Å². The Bertz CT molecular complexity index is 1840. The van der Waals surface area contributed by atoms with E-state index in [1.165, 1.54) is 13.2 Å². The zero-order valence-electron chi connectivity index (χ0n) is 29.4.